The van der Waals surface area contributed by atoms with Crippen molar-refractivity contribution in [2.75, 3.05) is 5.32 Å². The van der Waals surface area contributed by atoms with Crippen LogP contribution in [0, 0.1) is 17.1 Å². The molecule has 1 aliphatic rings. The summed E-state index contributed by atoms with van der Waals surface area (Å²) in [5.41, 5.74) is 3.20. The predicted octanol–water partition coefficient (Wildman–Crippen LogP) is 4.58. The zero-order valence-electron chi connectivity index (χ0n) is 12.3. The Labute approximate surface area is 133 Å². The van der Waals surface area contributed by atoms with Crippen molar-refractivity contribution >= 4 is 17.3 Å². The maximum atomic E-state index is 13.3. The van der Waals surface area contributed by atoms with Crippen molar-refractivity contribution in [3.8, 4) is 6.07 Å². The molecule has 22 heavy (non-hydrogen) atoms. The van der Waals surface area contributed by atoms with Crippen molar-refractivity contribution in [3.63, 3.8) is 0 Å². The van der Waals surface area contributed by atoms with Gasteiger partial charge in [0.2, 0.25) is 0 Å². The van der Waals surface area contributed by atoms with Crippen molar-refractivity contribution in [1.29, 1.82) is 5.26 Å². The summed E-state index contributed by atoms with van der Waals surface area (Å²) in [5, 5.41) is 12.6. The highest BCUT2D eigenvalue weighted by Gasteiger charge is 2.34. The number of hydrogen-bond donors (Lipinski definition) is 1. The number of nitrogens with zero attached hydrogens (tertiary/aromatic N) is 2. The molecule has 5 heteroatoms. The summed E-state index contributed by atoms with van der Waals surface area (Å²) in [5.74, 6) is -0.416. The van der Waals surface area contributed by atoms with Crippen molar-refractivity contribution in [2.45, 2.75) is 31.7 Å². The minimum atomic E-state index is -0.416. The van der Waals surface area contributed by atoms with Gasteiger partial charge in [-0.3, -0.25) is 0 Å². The molecule has 1 aromatic heterocycles. The first-order chi connectivity index (χ1) is 10.4. The van der Waals surface area contributed by atoms with E-state index in [0.29, 0.717) is 5.69 Å². The quantitative estimate of drug-likeness (QED) is 0.838. The lowest BCUT2D eigenvalue weighted by molar-refractivity contribution is 0.426. The Morgan fingerprint density at radius 3 is 2.86 bits per heavy atom. The van der Waals surface area contributed by atoms with E-state index in [4.69, 9.17) is 16.9 Å². The van der Waals surface area contributed by atoms with E-state index in [0.717, 1.165) is 23.2 Å². The van der Waals surface area contributed by atoms with Crippen LogP contribution in [-0.4, -0.2) is 4.98 Å². The molecule has 0 saturated heterocycles. The lowest BCUT2D eigenvalue weighted by Crippen LogP contribution is -2.31. The molecule has 1 aromatic carbocycles. The van der Waals surface area contributed by atoms with Crippen LogP contribution in [0.25, 0.3) is 0 Å². The van der Waals surface area contributed by atoms with Gasteiger partial charge in [-0.25, -0.2) is 9.37 Å². The molecule has 0 saturated carbocycles. The second-order valence-corrected chi connectivity index (χ2v) is 6.59. The Morgan fingerprint density at radius 2 is 2.18 bits per heavy atom. The molecular weight excluding hydrogens is 301 g/mol. The lowest BCUT2D eigenvalue weighted by atomic mass is 9.74. The van der Waals surface area contributed by atoms with Gasteiger partial charge < -0.3 is 5.32 Å². The Bertz CT molecular complexity index is 780. The highest BCUT2D eigenvalue weighted by atomic mass is 35.5. The summed E-state index contributed by atoms with van der Waals surface area (Å²) in [7, 11) is 0. The van der Waals surface area contributed by atoms with Crippen molar-refractivity contribution in [2.24, 2.45) is 0 Å². The Hall–Kier alpha value is -2.12. The molecule has 0 fully saturated rings. The summed E-state index contributed by atoms with van der Waals surface area (Å²) in [6.45, 7) is 4.26. The number of hydrogen-bond acceptors (Lipinski definition) is 3. The van der Waals surface area contributed by atoms with Gasteiger partial charge in [0.1, 0.15) is 17.6 Å². The SMILES string of the molecule is CC1(C)CC(c2ccc(F)c(Cl)c2)Nc2cnc(C#N)cc21. The van der Waals surface area contributed by atoms with E-state index in [1.54, 1.807) is 18.3 Å². The molecule has 2 heterocycles. The highest BCUT2D eigenvalue weighted by molar-refractivity contribution is 6.30. The Balaban J connectivity index is 2.01. The van der Waals surface area contributed by atoms with Crippen LogP contribution in [0.15, 0.2) is 30.5 Å². The number of fused-ring (bicyclic) bond motifs is 1. The molecule has 0 amide bonds. The summed E-state index contributed by atoms with van der Waals surface area (Å²) in [6, 6.07) is 8.72. The van der Waals surface area contributed by atoms with Crippen LogP contribution in [-0.2, 0) is 5.41 Å². The van der Waals surface area contributed by atoms with Crippen LogP contribution >= 0.6 is 11.6 Å². The normalized spacial score (nSPS) is 19.0. The van der Waals surface area contributed by atoms with E-state index in [1.807, 2.05) is 6.07 Å². The van der Waals surface area contributed by atoms with Gasteiger partial charge in [-0.2, -0.15) is 5.26 Å². The van der Waals surface area contributed by atoms with Crippen LogP contribution in [0.1, 0.15) is 43.1 Å². The molecule has 1 unspecified atom stereocenters. The fourth-order valence-corrected chi connectivity index (χ4v) is 3.17. The third-order valence-electron chi connectivity index (χ3n) is 4.14. The third-order valence-corrected chi connectivity index (χ3v) is 4.43. The van der Waals surface area contributed by atoms with Crippen LogP contribution in [0.5, 0.6) is 0 Å². The topological polar surface area (TPSA) is 48.7 Å². The van der Waals surface area contributed by atoms with Gasteiger partial charge in [-0.1, -0.05) is 31.5 Å². The fourth-order valence-electron chi connectivity index (χ4n) is 2.98. The largest absolute Gasteiger partial charge is 0.377 e. The summed E-state index contributed by atoms with van der Waals surface area (Å²) < 4.78 is 13.3. The van der Waals surface area contributed by atoms with Gasteiger partial charge in [0.05, 0.1) is 22.9 Å². The third kappa shape index (κ3) is 2.53. The number of halogens is 2. The molecule has 3 rings (SSSR count). The maximum Gasteiger partial charge on any atom is 0.141 e. The molecule has 1 N–H and O–H groups in total. The smallest absolute Gasteiger partial charge is 0.141 e. The number of aromatic nitrogens is 1. The van der Waals surface area contributed by atoms with E-state index >= 15 is 0 Å². The van der Waals surface area contributed by atoms with Crippen molar-refractivity contribution < 1.29 is 4.39 Å². The predicted molar refractivity (Wildman–Crippen MR) is 84.4 cm³/mol. The van der Waals surface area contributed by atoms with E-state index in [1.165, 1.54) is 6.07 Å². The summed E-state index contributed by atoms with van der Waals surface area (Å²) in [6.07, 6.45) is 2.50. The zero-order chi connectivity index (χ0) is 15.9. The maximum absolute atomic E-state index is 13.3. The van der Waals surface area contributed by atoms with Gasteiger partial charge in [-0.15, -0.1) is 0 Å². The molecule has 0 spiro atoms. The number of rotatable bonds is 1. The van der Waals surface area contributed by atoms with Crippen molar-refractivity contribution in [3.05, 3.63) is 58.1 Å². The molecule has 3 nitrogen and oxygen atoms in total. The number of nitrogens with one attached hydrogen (secondary N) is 1. The van der Waals surface area contributed by atoms with Gasteiger partial charge >= 0.3 is 0 Å². The number of anilines is 1. The number of nitriles is 1. The average Bonchev–Trinajstić information content (AvgIpc) is 2.49. The monoisotopic (exact) mass is 315 g/mol. The number of benzene rings is 1. The van der Waals surface area contributed by atoms with Gasteiger partial charge in [-0.05, 0) is 41.2 Å². The highest BCUT2D eigenvalue weighted by Crippen LogP contribution is 2.44. The van der Waals surface area contributed by atoms with Crippen molar-refractivity contribution in [1.82, 2.24) is 4.98 Å². The van der Waals surface area contributed by atoms with E-state index in [2.05, 4.69) is 30.2 Å². The molecule has 0 aliphatic carbocycles. The zero-order valence-corrected chi connectivity index (χ0v) is 13.1. The van der Waals surface area contributed by atoms with Gasteiger partial charge in [0, 0.05) is 0 Å². The minimum absolute atomic E-state index is 0.0235. The molecule has 1 aliphatic heterocycles. The minimum Gasteiger partial charge on any atom is -0.377 e. The van der Waals surface area contributed by atoms with E-state index in [-0.39, 0.29) is 16.5 Å². The first-order valence-electron chi connectivity index (χ1n) is 7.03. The molecule has 0 bridgehead atoms. The van der Waals surface area contributed by atoms with Gasteiger partial charge in [0.15, 0.2) is 0 Å². The second-order valence-electron chi connectivity index (χ2n) is 6.19. The van der Waals surface area contributed by atoms with Crippen LogP contribution < -0.4 is 5.32 Å². The van der Waals surface area contributed by atoms with Gasteiger partial charge in [0.25, 0.3) is 0 Å². The van der Waals surface area contributed by atoms with Crippen LogP contribution in [0.4, 0.5) is 10.1 Å². The lowest BCUT2D eigenvalue weighted by Gasteiger charge is -2.38. The molecular formula is C17H15ClFN3. The van der Waals surface area contributed by atoms with Crippen LogP contribution in [0.3, 0.4) is 0 Å². The summed E-state index contributed by atoms with van der Waals surface area (Å²) in [4.78, 5) is 4.13. The average molecular weight is 316 g/mol. The Kier molecular flexibility index (Phi) is 3.54. The first kappa shape index (κ1) is 14.8. The summed E-state index contributed by atoms with van der Waals surface area (Å²) >= 11 is 5.89. The van der Waals surface area contributed by atoms with E-state index in [9.17, 15) is 4.39 Å². The molecule has 112 valence electrons. The Morgan fingerprint density at radius 1 is 1.41 bits per heavy atom. The molecule has 2 aromatic rings. The second kappa shape index (κ2) is 5.26. The van der Waals surface area contributed by atoms with E-state index < -0.39 is 5.82 Å². The standard InChI is InChI=1S/C17H15ClFN3/c1-17(2)7-15(10-3-4-14(19)13(18)5-10)22-16-9-21-11(8-20)6-12(16)17/h3-6,9,15,22H,7H2,1-2H3. The van der Waals surface area contributed by atoms with Crippen LogP contribution in [0.2, 0.25) is 5.02 Å². The molecule has 0 radical (unpaired) electrons. The molecule has 1 atom stereocenters. The number of pyridine rings is 1. The fraction of sp³-hybridized carbons (Fsp3) is 0.294. The first-order valence-corrected chi connectivity index (χ1v) is 7.40.